The number of ketones is 1. The van der Waals surface area contributed by atoms with E-state index in [0.717, 1.165) is 46.2 Å². The number of aryl methyl sites for hydroxylation is 1. The van der Waals surface area contributed by atoms with Crippen LogP contribution in [0.2, 0.25) is 0 Å². The van der Waals surface area contributed by atoms with Gasteiger partial charge in [0.05, 0.1) is 17.3 Å². The molecule has 0 bridgehead atoms. The molecule has 1 aliphatic heterocycles. The van der Waals surface area contributed by atoms with E-state index in [1.54, 1.807) is 16.8 Å². The number of nitrogens with zero attached hydrogens (tertiary/aromatic N) is 1. The second kappa shape index (κ2) is 15.4. The molecule has 11 nitrogen and oxygen atoms in total. The number of H-pyrrole nitrogens is 1. The van der Waals surface area contributed by atoms with E-state index >= 15 is 0 Å². The van der Waals surface area contributed by atoms with Crippen molar-refractivity contribution in [2.75, 3.05) is 17.2 Å². The molecule has 53 heavy (non-hydrogen) atoms. The molecule has 0 spiro atoms. The zero-order valence-electron chi connectivity index (χ0n) is 31.6. The van der Waals surface area contributed by atoms with Crippen LogP contribution in [0.4, 0.5) is 16.2 Å². The number of amides is 3. The van der Waals surface area contributed by atoms with Crippen molar-refractivity contribution in [3.63, 3.8) is 0 Å². The summed E-state index contributed by atoms with van der Waals surface area (Å²) in [7, 11) is 0. The molecule has 1 fully saturated rings. The summed E-state index contributed by atoms with van der Waals surface area (Å²) in [6.45, 7) is 11.9. The lowest BCUT2D eigenvalue weighted by molar-refractivity contribution is -0.129. The van der Waals surface area contributed by atoms with Gasteiger partial charge in [-0.25, -0.2) is 9.48 Å². The van der Waals surface area contributed by atoms with Crippen LogP contribution >= 0.6 is 0 Å². The van der Waals surface area contributed by atoms with E-state index in [1.807, 2.05) is 84.0 Å². The van der Waals surface area contributed by atoms with Crippen molar-refractivity contribution in [1.29, 1.82) is 0 Å². The minimum atomic E-state index is -0.610. The van der Waals surface area contributed by atoms with Gasteiger partial charge in [-0.3, -0.25) is 24.3 Å². The average molecular weight is 722 g/mol. The Balaban J connectivity index is 1.15. The topological polar surface area (TPSA) is 151 Å². The zero-order chi connectivity index (χ0) is 38.0. The highest BCUT2D eigenvalue weighted by Gasteiger charge is 2.31. The molecule has 280 valence electrons. The first kappa shape index (κ1) is 37.6. The number of Topliss-reactive ketones (excluding diaryl/α,β-unsaturated/α-hetero) is 1. The van der Waals surface area contributed by atoms with Crippen LogP contribution in [0.25, 0.3) is 22.0 Å². The van der Waals surface area contributed by atoms with E-state index < -0.39 is 17.6 Å². The number of carbonyl (C=O) groups is 4. The van der Waals surface area contributed by atoms with Gasteiger partial charge < -0.3 is 20.7 Å². The summed E-state index contributed by atoms with van der Waals surface area (Å²) in [5, 5.41) is 12.6. The fourth-order valence-electron chi connectivity index (χ4n) is 7.50. The first-order valence-corrected chi connectivity index (χ1v) is 18.7. The van der Waals surface area contributed by atoms with Crippen molar-refractivity contribution >= 4 is 46.0 Å². The van der Waals surface area contributed by atoms with Crippen molar-refractivity contribution in [2.24, 2.45) is 17.8 Å². The summed E-state index contributed by atoms with van der Waals surface area (Å²) in [6.07, 6.45) is 3.40. The first-order valence-electron chi connectivity index (χ1n) is 18.7. The van der Waals surface area contributed by atoms with Crippen LogP contribution in [0, 0.1) is 24.7 Å². The fraction of sp³-hybridized carbons (Fsp3) is 0.452. The number of benzene rings is 3. The van der Waals surface area contributed by atoms with E-state index in [9.17, 15) is 24.0 Å². The third kappa shape index (κ3) is 9.07. The molecule has 0 saturated heterocycles. The Morgan fingerprint density at radius 2 is 1.68 bits per heavy atom. The van der Waals surface area contributed by atoms with Gasteiger partial charge in [-0.2, -0.15) is 0 Å². The van der Waals surface area contributed by atoms with Crippen LogP contribution in [0.5, 0.6) is 0 Å². The Labute approximate surface area is 310 Å². The number of hydrogen-bond donors (Lipinski definition) is 4. The molecule has 1 saturated carbocycles. The van der Waals surface area contributed by atoms with Gasteiger partial charge in [0, 0.05) is 42.2 Å². The number of anilines is 2. The molecule has 3 aromatic carbocycles. The van der Waals surface area contributed by atoms with Gasteiger partial charge in [-0.15, -0.1) is 0 Å². The standard InChI is InChI=1S/C42H51N5O6/c1-24(2)47-40(51)34-17-25(3)33(22-36(34)46-47)28-11-7-26(8-12-28)18-31(39(50)44-32-16-15-30-20-38(49)45-35(30)21-32)19-37(48)29-13-9-27(10-14-29)23-43-41(52)53-42(4,5)6/h7-8,11-12,15-17,21-22,24,27,29,31,46H,9-10,13-14,18-20,23H2,1-6H3,(H,43,52)(H,44,50)(H,45,49)/t27?,29?,31-/m1/s1. The molecular weight excluding hydrogens is 670 g/mol. The fourth-order valence-corrected chi connectivity index (χ4v) is 7.50. The molecule has 3 amide bonds. The van der Waals surface area contributed by atoms with Crippen LogP contribution in [0.15, 0.2) is 59.4 Å². The maximum Gasteiger partial charge on any atom is 0.407 e. The van der Waals surface area contributed by atoms with Gasteiger partial charge >= 0.3 is 6.09 Å². The maximum absolute atomic E-state index is 13.9. The maximum atomic E-state index is 13.9. The number of alkyl carbamates (subject to hydrolysis) is 1. The Bertz CT molecular complexity index is 2080. The molecule has 4 aromatic rings. The lowest BCUT2D eigenvalue weighted by Crippen LogP contribution is -2.37. The predicted octanol–water partition coefficient (Wildman–Crippen LogP) is 7.47. The zero-order valence-corrected chi connectivity index (χ0v) is 31.6. The molecule has 0 unspecified atom stereocenters. The Morgan fingerprint density at radius 3 is 2.36 bits per heavy atom. The second-order valence-electron chi connectivity index (χ2n) is 16.0. The molecule has 4 N–H and O–H groups in total. The van der Waals surface area contributed by atoms with Crippen molar-refractivity contribution < 1.29 is 23.9 Å². The van der Waals surface area contributed by atoms with Crippen molar-refractivity contribution in [3.8, 4) is 11.1 Å². The molecule has 2 heterocycles. The predicted molar refractivity (Wildman–Crippen MR) is 207 cm³/mol. The SMILES string of the molecule is Cc1cc2c(=O)n(C(C)C)[nH]c2cc1-c1ccc(C[C@H](CC(=O)C2CCC(CNC(=O)OC(C)(C)C)CC2)C(=O)Nc2ccc3c(c2)NC(=O)C3)cc1. The van der Waals surface area contributed by atoms with Crippen LogP contribution in [-0.2, 0) is 32.0 Å². The minimum Gasteiger partial charge on any atom is -0.444 e. The number of ether oxygens (including phenoxy) is 1. The largest absolute Gasteiger partial charge is 0.444 e. The average Bonchev–Trinajstić information content (AvgIpc) is 3.64. The quantitative estimate of drug-likeness (QED) is 0.126. The molecule has 0 radical (unpaired) electrons. The molecule has 6 rings (SSSR count). The minimum absolute atomic E-state index is 0.0154. The van der Waals surface area contributed by atoms with Crippen molar-refractivity contribution in [1.82, 2.24) is 15.1 Å². The van der Waals surface area contributed by atoms with Gasteiger partial charge in [0.25, 0.3) is 5.56 Å². The number of carbonyl (C=O) groups excluding carboxylic acids is 4. The summed E-state index contributed by atoms with van der Waals surface area (Å²) in [5.41, 5.74) is 6.23. The highest BCUT2D eigenvalue weighted by atomic mass is 16.6. The Morgan fingerprint density at radius 1 is 0.962 bits per heavy atom. The molecule has 1 aromatic heterocycles. The van der Waals surface area contributed by atoms with Gasteiger partial charge in [-0.05, 0) is 132 Å². The molecular formula is C42H51N5O6. The number of aromatic nitrogens is 2. The summed E-state index contributed by atoms with van der Waals surface area (Å²) in [6, 6.07) is 17.4. The van der Waals surface area contributed by atoms with Gasteiger partial charge in [-0.1, -0.05) is 30.3 Å². The Hall–Kier alpha value is -5.19. The van der Waals surface area contributed by atoms with Gasteiger partial charge in [0.1, 0.15) is 11.4 Å². The lowest BCUT2D eigenvalue weighted by atomic mass is 9.77. The normalized spacial score (nSPS) is 17.7. The van der Waals surface area contributed by atoms with Crippen LogP contribution in [0.3, 0.4) is 0 Å². The van der Waals surface area contributed by atoms with Crippen LogP contribution in [-0.4, -0.2) is 45.6 Å². The lowest BCUT2D eigenvalue weighted by Gasteiger charge is -2.29. The third-order valence-electron chi connectivity index (χ3n) is 10.4. The van der Waals surface area contributed by atoms with Gasteiger partial charge in [0.2, 0.25) is 11.8 Å². The van der Waals surface area contributed by atoms with E-state index in [2.05, 4.69) is 21.0 Å². The Kier molecular flexibility index (Phi) is 10.9. The number of hydrogen-bond acceptors (Lipinski definition) is 6. The number of fused-ring (bicyclic) bond motifs is 2. The highest BCUT2D eigenvalue weighted by molar-refractivity contribution is 6.01. The summed E-state index contributed by atoms with van der Waals surface area (Å²) < 4.78 is 7.00. The molecule has 2 aliphatic rings. The monoisotopic (exact) mass is 721 g/mol. The highest BCUT2D eigenvalue weighted by Crippen LogP contribution is 2.33. The van der Waals surface area contributed by atoms with Gasteiger partial charge in [0.15, 0.2) is 0 Å². The summed E-state index contributed by atoms with van der Waals surface area (Å²) in [4.78, 5) is 64.6. The molecule has 1 aliphatic carbocycles. The second-order valence-corrected chi connectivity index (χ2v) is 16.0. The summed E-state index contributed by atoms with van der Waals surface area (Å²) in [5.74, 6) is -0.737. The van der Waals surface area contributed by atoms with E-state index in [0.29, 0.717) is 49.0 Å². The summed E-state index contributed by atoms with van der Waals surface area (Å²) >= 11 is 0. The van der Waals surface area contributed by atoms with Crippen LogP contribution < -0.4 is 21.5 Å². The third-order valence-corrected chi connectivity index (χ3v) is 10.4. The van der Waals surface area contributed by atoms with E-state index in [1.165, 1.54) is 0 Å². The van der Waals surface area contributed by atoms with Crippen LogP contribution in [0.1, 0.15) is 89.5 Å². The van der Waals surface area contributed by atoms with Crippen molar-refractivity contribution in [2.45, 2.75) is 98.1 Å². The van der Waals surface area contributed by atoms with Crippen molar-refractivity contribution in [3.05, 3.63) is 81.6 Å². The first-order chi connectivity index (χ1) is 25.1. The number of aromatic amines is 1. The smallest absolute Gasteiger partial charge is 0.407 e. The number of rotatable bonds is 11. The molecule has 11 heteroatoms. The van der Waals surface area contributed by atoms with E-state index in [-0.39, 0.29) is 47.5 Å². The number of nitrogens with one attached hydrogen (secondary N) is 4. The van der Waals surface area contributed by atoms with E-state index in [4.69, 9.17) is 4.74 Å². The molecule has 1 atom stereocenters.